The minimum Gasteiger partial charge on any atom is -0.492 e. The first-order valence-corrected chi connectivity index (χ1v) is 10.4. The molecule has 0 spiro atoms. The predicted molar refractivity (Wildman–Crippen MR) is 108 cm³/mol. The summed E-state index contributed by atoms with van der Waals surface area (Å²) in [5.74, 6) is 0.901. The molecular formula is C19H21ClN2OS2. The number of hydrogen-bond donors (Lipinski definition) is 0. The van der Waals surface area contributed by atoms with Gasteiger partial charge in [-0.15, -0.1) is 11.3 Å². The lowest BCUT2D eigenvalue weighted by atomic mass is 10.3. The molecule has 0 aliphatic carbocycles. The smallest absolute Gasteiger partial charge is 0.155 e. The van der Waals surface area contributed by atoms with Crippen LogP contribution in [0.15, 0.2) is 51.7 Å². The maximum Gasteiger partial charge on any atom is 0.155 e. The molecule has 0 unspecified atom stereocenters. The quantitative estimate of drug-likeness (QED) is 0.482. The van der Waals surface area contributed by atoms with Crippen LogP contribution in [-0.2, 0) is 0 Å². The molecule has 1 heterocycles. The van der Waals surface area contributed by atoms with Gasteiger partial charge in [0.25, 0.3) is 0 Å². The molecule has 0 saturated heterocycles. The van der Waals surface area contributed by atoms with Crippen LogP contribution in [0.5, 0.6) is 5.75 Å². The van der Waals surface area contributed by atoms with Crippen LogP contribution in [0, 0.1) is 0 Å². The molecule has 2 aromatic carbocycles. The number of benzene rings is 2. The molecule has 3 aromatic rings. The van der Waals surface area contributed by atoms with Crippen molar-refractivity contribution in [3.05, 3.63) is 47.5 Å². The monoisotopic (exact) mass is 392 g/mol. The van der Waals surface area contributed by atoms with E-state index in [0.29, 0.717) is 6.61 Å². The second-order valence-electron chi connectivity index (χ2n) is 5.52. The van der Waals surface area contributed by atoms with Crippen molar-refractivity contribution in [1.82, 2.24) is 9.88 Å². The van der Waals surface area contributed by atoms with Gasteiger partial charge in [0.1, 0.15) is 12.4 Å². The first-order valence-electron chi connectivity index (χ1n) is 8.37. The SMILES string of the molecule is CCN(CC)CCOc1ccc2nc(Sc3ccccc3Cl)sc2c1. The molecule has 6 heteroatoms. The molecule has 0 radical (unpaired) electrons. The standard InChI is InChI=1S/C19H21ClN2OS2/c1-3-22(4-2)11-12-23-14-9-10-16-18(13-14)25-19(21-16)24-17-8-6-5-7-15(17)20/h5-10,13H,3-4,11-12H2,1-2H3. The van der Waals surface area contributed by atoms with Crippen molar-refractivity contribution in [3.63, 3.8) is 0 Å². The Morgan fingerprint density at radius 3 is 2.72 bits per heavy atom. The number of likely N-dealkylation sites (N-methyl/N-ethyl adjacent to an activating group) is 1. The summed E-state index contributed by atoms with van der Waals surface area (Å²) in [6, 6.07) is 13.9. The Morgan fingerprint density at radius 1 is 1.16 bits per heavy atom. The Bertz CT molecular complexity index is 833. The van der Waals surface area contributed by atoms with E-state index >= 15 is 0 Å². The van der Waals surface area contributed by atoms with Crippen molar-refractivity contribution in [2.45, 2.75) is 23.1 Å². The van der Waals surface area contributed by atoms with Crippen molar-refractivity contribution in [1.29, 1.82) is 0 Å². The van der Waals surface area contributed by atoms with E-state index in [2.05, 4.69) is 29.8 Å². The van der Waals surface area contributed by atoms with Crippen molar-refractivity contribution >= 4 is 44.9 Å². The first-order chi connectivity index (χ1) is 12.2. The van der Waals surface area contributed by atoms with E-state index in [1.165, 1.54) is 0 Å². The highest BCUT2D eigenvalue weighted by atomic mass is 35.5. The third-order valence-corrected chi connectivity index (χ3v) is 6.54. The zero-order valence-corrected chi connectivity index (χ0v) is 16.8. The van der Waals surface area contributed by atoms with Crippen LogP contribution in [0.1, 0.15) is 13.8 Å². The van der Waals surface area contributed by atoms with E-state index in [-0.39, 0.29) is 0 Å². The van der Waals surface area contributed by atoms with Crippen LogP contribution in [0.2, 0.25) is 5.02 Å². The molecular weight excluding hydrogens is 372 g/mol. The van der Waals surface area contributed by atoms with Crippen LogP contribution in [0.4, 0.5) is 0 Å². The number of nitrogens with zero attached hydrogens (tertiary/aromatic N) is 2. The number of ether oxygens (including phenoxy) is 1. The Morgan fingerprint density at radius 2 is 1.96 bits per heavy atom. The minimum atomic E-state index is 0.702. The fraction of sp³-hybridized carbons (Fsp3) is 0.316. The summed E-state index contributed by atoms with van der Waals surface area (Å²) in [7, 11) is 0. The maximum absolute atomic E-state index is 6.24. The van der Waals surface area contributed by atoms with E-state index in [0.717, 1.165) is 49.9 Å². The lowest BCUT2D eigenvalue weighted by molar-refractivity contribution is 0.223. The van der Waals surface area contributed by atoms with Gasteiger partial charge in [0.2, 0.25) is 0 Å². The minimum absolute atomic E-state index is 0.702. The Balaban J connectivity index is 1.68. The largest absolute Gasteiger partial charge is 0.492 e. The molecule has 25 heavy (non-hydrogen) atoms. The van der Waals surface area contributed by atoms with Crippen molar-refractivity contribution < 1.29 is 4.74 Å². The van der Waals surface area contributed by atoms with Gasteiger partial charge in [-0.25, -0.2) is 4.98 Å². The van der Waals surface area contributed by atoms with Gasteiger partial charge in [-0.1, -0.05) is 49.3 Å². The highest BCUT2D eigenvalue weighted by Crippen LogP contribution is 2.38. The van der Waals surface area contributed by atoms with E-state index in [1.54, 1.807) is 23.1 Å². The van der Waals surface area contributed by atoms with Gasteiger partial charge in [0.15, 0.2) is 4.34 Å². The Hall–Kier alpha value is -1.27. The average Bonchev–Trinajstić information content (AvgIpc) is 3.02. The van der Waals surface area contributed by atoms with Crippen molar-refractivity contribution in [3.8, 4) is 5.75 Å². The fourth-order valence-electron chi connectivity index (χ4n) is 2.47. The summed E-state index contributed by atoms with van der Waals surface area (Å²) < 4.78 is 8.03. The molecule has 0 aliphatic rings. The molecule has 0 saturated carbocycles. The van der Waals surface area contributed by atoms with Gasteiger partial charge < -0.3 is 9.64 Å². The summed E-state index contributed by atoms with van der Waals surface area (Å²) in [6.07, 6.45) is 0. The summed E-state index contributed by atoms with van der Waals surface area (Å²) in [5.41, 5.74) is 0.996. The summed E-state index contributed by atoms with van der Waals surface area (Å²) in [6.45, 7) is 8.09. The number of aromatic nitrogens is 1. The fourth-order valence-corrected chi connectivity index (χ4v) is 4.80. The predicted octanol–water partition coefficient (Wildman–Crippen LogP) is 5.82. The van der Waals surface area contributed by atoms with Crippen LogP contribution >= 0.6 is 34.7 Å². The van der Waals surface area contributed by atoms with E-state index in [1.807, 2.05) is 36.4 Å². The second kappa shape index (κ2) is 8.90. The lowest BCUT2D eigenvalue weighted by Gasteiger charge is -2.17. The summed E-state index contributed by atoms with van der Waals surface area (Å²) >= 11 is 9.50. The molecule has 0 N–H and O–H groups in total. The lowest BCUT2D eigenvalue weighted by Crippen LogP contribution is -2.27. The van der Waals surface area contributed by atoms with E-state index in [4.69, 9.17) is 16.3 Å². The number of rotatable bonds is 8. The topological polar surface area (TPSA) is 25.4 Å². The van der Waals surface area contributed by atoms with Crippen LogP contribution < -0.4 is 4.74 Å². The molecule has 3 nitrogen and oxygen atoms in total. The number of fused-ring (bicyclic) bond motifs is 1. The van der Waals surface area contributed by atoms with Crippen molar-refractivity contribution in [2.24, 2.45) is 0 Å². The summed E-state index contributed by atoms with van der Waals surface area (Å²) in [5, 5.41) is 0.757. The molecule has 0 bridgehead atoms. The second-order valence-corrected chi connectivity index (χ2v) is 8.24. The van der Waals surface area contributed by atoms with Crippen LogP contribution in [-0.4, -0.2) is 36.1 Å². The van der Waals surface area contributed by atoms with Gasteiger partial charge in [-0.3, -0.25) is 0 Å². The molecule has 0 aliphatic heterocycles. The highest BCUT2D eigenvalue weighted by molar-refractivity contribution is 8.01. The normalized spacial score (nSPS) is 11.4. The van der Waals surface area contributed by atoms with Gasteiger partial charge >= 0.3 is 0 Å². The van der Waals surface area contributed by atoms with Gasteiger partial charge in [-0.2, -0.15) is 0 Å². The van der Waals surface area contributed by atoms with Gasteiger partial charge in [0.05, 0.1) is 15.2 Å². The van der Waals surface area contributed by atoms with E-state index in [9.17, 15) is 0 Å². The zero-order valence-electron chi connectivity index (χ0n) is 14.4. The highest BCUT2D eigenvalue weighted by Gasteiger charge is 2.09. The molecule has 132 valence electrons. The molecule has 0 atom stereocenters. The zero-order chi connectivity index (χ0) is 17.6. The van der Waals surface area contributed by atoms with Crippen LogP contribution in [0.3, 0.4) is 0 Å². The third kappa shape index (κ3) is 4.88. The van der Waals surface area contributed by atoms with Gasteiger partial charge in [-0.05, 0) is 43.4 Å². The molecule has 0 fully saturated rings. The van der Waals surface area contributed by atoms with E-state index < -0.39 is 0 Å². The number of halogens is 1. The first kappa shape index (κ1) is 18.5. The maximum atomic E-state index is 6.24. The Kier molecular flexibility index (Phi) is 6.59. The molecule has 0 amide bonds. The average molecular weight is 393 g/mol. The van der Waals surface area contributed by atoms with Crippen LogP contribution in [0.25, 0.3) is 10.2 Å². The van der Waals surface area contributed by atoms with Gasteiger partial charge in [0, 0.05) is 11.4 Å². The molecule has 3 rings (SSSR count). The summed E-state index contributed by atoms with van der Waals surface area (Å²) in [4.78, 5) is 8.06. The Labute approximate surface area is 162 Å². The molecule has 1 aromatic heterocycles. The third-order valence-electron chi connectivity index (χ3n) is 3.94. The number of hydrogen-bond acceptors (Lipinski definition) is 5. The van der Waals surface area contributed by atoms with Crippen molar-refractivity contribution in [2.75, 3.05) is 26.2 Å². The number of thiazole rings is 1.